The summed E-state index contributed by atoms with van der Waals surface area (Å²) < 4.78 is 2.32. The maximum absolute atomic E-state index is 4.29. The number of nitrogens with zero attached hydrogens (tertiary/aromatic N) is 3. The van der Waals surface area contributed by atoms with Crippen LogP contribution in [0.3, 0.4) is 0 Å². The zero-order valence-electron chi connectivity index (χ0n) is 9.02. The molecular weight excluding hydrogens is 188 g/mol. The third-order valence-corrected chi connectivity index (χ3v) is 3.69. The van der Waals surface area contributed by atoms with E-state index in [0.29, 0.717) is 12.1 Å². The number of nitrogens with one attached hydrogen (secondary N) is 1. The third kappa shape index (κ3) is 1.67. The molecule has 3 rings (SSSR count). The normalized spacial score (nSPS) is 27.6. The van der Waals surface area contributed by atoms with E-state index >= 15 is 0 Å². The Morgan fingerprint density at radius 1 is 1.20 bits per heavy atom. The van der Waals surface area contributed by atoms with Crippen LogP contribution < -0.4 is 5.32 Å². The van der Waals surface area contributed by atoms with Gasteiger partial charge in [0.05, 0.1) is 6.04 Å². The summed E-state index contributed by atoms with van der Waals surface area (Å²) in [6.07, 6.45) is 9.73. The molecule has 15 heavy (non-hydrogen) atoms. The van der Waals surface area contributed by atoms with Gasteiger partial charge in [0.15, 0.2) is 0 Å². The molecule has 2 aliphatic rings. The van der Waals surface area contributed by atoms with Gasteiger partial charge in [-0.3, -0.25) is 0 Å². The zero-order chi connectivity index (χ0) is 10.1. The molecule has 1 aromatic heterocycles. The Morgan fingerprint density at radius 3 is 2.80 bits per heavy atom. The van der Waals surface area contributed by atoms with Gasteiger partial charge in [-0.25, -0.2) is 0 Å². The zero-order valence-corrected chi connectivity index (χ0v) is 9.02. The Morgan fingerprint density at radius 2 is 2.07 bits per heavy atom. The number of hydrogen-bond donors (Lipinski definition) is 1. The minimum Gasteiger partial charge on any atom is -0.313 e. The van der Waals surface area contributed by atoms with Gasteiger partial charge in [0, 0.05) is 6.04 Å². The molecule has 0 aromatic carbocycles. The van der Waals surface area contributed by atoms with Crippen LogP contribution in [0.1, 0.15) is 56.4 Å². The molecule has 1 saturated carbocycles. The van der Waals surface area contributed by atoms with E-state index in [9.17, 15) is 0 Å². The van der Waals surface area contributed by atoms with Crippen molar-refractivity contribution in [1.82, 2.24) is 20.1 Å². The molecule has 82 valence electrons. The van der Waals surface area contributed by atoms with Crippen molar-refractivity contribution in [3.05, 3.63) is 12.2 Å². The second-order valence-corrected chi connectivity index (χ2v) is 4.68. The standard InChI is InChI=1S/C11H18N4/c1-2-5-9(4-1)15-8-13-14-11(15)10-6-3-7-12-10/h8-10,12H,1-7H2/t10-/m1/s1. The fourth-order valence-electron chi connectivity index (χ4n) is 2.87. The van der Waals surface area contributed by atoms with E-state index in [1.165, 1.54) is 44.3 Å². The first kappa shape index (κ1) is 9.33. The van der Waals surface area contributed by atoms with Crippen molar-refractivity contribution in [3.8, 4) is 0 Å². The van der Waals surface area contributed by atoms with Crippen molar-refractivity contribution in [2.24, 2.45) is 0 Å². The van der Waals surface area contributed by atoms with Crippen molar-refractivity contribution in [3.63, 3.8) is 0 Å². The van der Waals surface area contributed by atoms with Crippen molar-refractivity contribution in [2.45, 2.75) is 50.6 Å². The minimum absolute atomic E-state index is 0.452. The van der Waals surface area contributed by atoms with Crippen LogP contribution in [0.4, 0.5) is 0 Å². The molecule has 0 unspecified atom stereocenters. The van der Waals surface area contributed by atoms with Crippen LogP contribution in [0.15, 0.2) is 6.33 Å². The highest BCUT2D eigenvalue weighted by atomic mass is 15.3. The largest absolute Gasteiger partial charge is 0.313 e. The first-order chi connectivity index (χ1) is 7.45. The summed E-state index contributed by atoms with van der Waals surface area (Å²) in [7, 11) is 0. The lowest BCUT2D eigenvalue weighted by atomic mass is 10.2. The van der Waals surface area contributed by atoms with Crippen LogP contribution in [0.25, 0.3) is 0 Å². The van der Waals surface area contributed by atoms with Crippen molar-refractivity contribution >= 4 is 0 Å². The summed E-state index contributed by atoms with van der Waals surface area (Å²) >= 11 is 0. The monoisotopic (exact) mass is 206 g/mol. The van der Waals surface area contributed by atoms with Gasteiger partial charge in [-0.05, 0) is 32.2 Å². The van der Waals surface area contributed by atoms with Crippen LogP contribution in [-0.2, 0) is 0 Å². The lowest BCUT2D eigenvalue weighted by molar-refractivity contribution is 0.463. The summed E-state index contributed by atoms with van der Waals surface area (Å²) in [4.78, 5) is 0. The Kier molecular flexibility index (Phi) is 2.44. The van der Waals surface area contributed by atoms with Gasteiger partial charge in [0.2, 0.25) is 0 Å². The molecule has 1 N–H and O–H groups in total. The molecule has 0 radical (unpaired) electrons. The molecule has 1 atom stereocenters. The first-order valence-electron chi connectivity index (χ1n) is 6.08. The summed E-state index contributed by atoms with van der Waals surface area (Å²) in [5.41, 5.74) is 0. The highest BCUT2D eigenvalue weighted by molar-refractivity contribution is 5.00. The predicted octanol–water partition coefficient (Wildman–Crippen LogP) is 1.82. The van der Waals surface area contributed by atoms with Gasteiger partial charge in [-0.15, -0.1) is 10.2 Å². The third-order valence-electron chi connectivity index (χ3n) is 3.69. The average molecular weight is 206 g/mol. The summed E-state index contributed by atoms with van der Waals surface area (Å²) in [6, 6.07) is 1.12. The molecule has 4 nitrogen and oxygen atoms in total. The SMILES string of the molecule is c1nnc([C@H]2CCCN2)n1C1CCCC1. The van der Waals surface area contributed by atoms with Gasteiger partial charge in [-0.2, -0.15) is 0 Å². The van der Waals surface area contributed by atoms with E-state index in [2.05, 4.69) is 20.1 Å². The molecule has 4 heteroatoms. The fraction of sp³-hybridized carbons (Fsp3) is 0.818. The molecule has 1 saturated heterocycles. The van der Waals surface area contributed by atoms with E-state index in [-0.39, 0.29) is 0 Å². The number of hydrogen-bond acceptors (Lipinski definition) is 3. The van der Waals surface area contributed by atoms with Crippen LogP contribution >= 0.6 is 0 Å². The van der Waals surface area contributed by atoms with E-state index < -0.39 is 0 Å². The predicted molar refractivity (Wildman–Crippen MR) is 57.5 cm³/mol. The lowest BCUT2D eigenvalue weighted by Gasteiger charge is -2.17. The van der Waals surface area contributed by atoms with E-state index in [0.717, 1.165) is 6.54 Å². The maximum Gasteiger partial charge on any atom is 0.150 e. The number of rotatable bonds is 2. The molecule has 1 aliphatic heterocycles. The molecule has 2 heterocycles. The summed E-state index contributed by atoms with van der Waals surface area (Å²) in [6.45, 7) is 1.13. The maximum atomic E-state index is 4.29. The van der Waals surface area contributed by atoms with Crippen LogP contribution in [0, 0.1) is 0 Å². The first-order valence-corrected chi connectivity index (χ1v) is 6.08. The average Bonchev–Trinajstić information content (AvgIpc) is 3.01. The number of aromatic nitrogens is 3. The summed E-state index contributed by atoms with van der Waals surface area (Å²) in [5.74, 6) is 1.17. The highest BCUT2D eigenvalue weighted by Crippen LogP contribution is 2.32. The Balaban J connectivity index is 1.84. The van der Waals surface area contributed by atoms with Crippen LogP contribution in [0.5, 0.6) is 0 Å². The van der Waals surface area contributed by atoms with Crippen LogP contribution in [0.2, 0.25) is 0 Å². The van der Waals surface area contributed by atoms with Crippen molar-refractivity contribution in [2.75, 3.05) is 6.54 Å². The molecule has 0 spiro atoms. The van der Waals surface area contributed by atoms with E-state index in [4.69, 9.17) is 0 Å². The van der Waals surface area contributed by atoms with Gasteiger partial charge < -0.3 is 9.88 Å². The molecule has 0 amide bonds. The molecular formula is C11H18N4. The van der Waals surface area contributed by atoms with Crippen molar-refractivity contribution in [1.29, 1.82) is 0 Å². The van der Waals surface area contributed by atoms with Gasteiger partial charge in [0.1, 0.15) is 12.2 Å². The smallest absolute Gasteiger partial charge is 0.150 e. The topological polar surface area (TPSA) is 42.7 Å². The minimum atomic E-state index is 0.452. The van der Waals surface area contributed by atoms with Crippen LogP contribution in [-0.4, -0.2) is 21.3 Å². The van der Waals surface area contributed by atoms with Gasteiger partial charge in [0.25, 0.3) is 0 Å². The quantitative estimate of drug-likeness (QED) is 0.802. The lowest BCUT2D eigenvalue weighted by Crippen LogP contribution is -2.19. The van der Waals surface area contributed by atoms with Gasteiger partial charge >= 0.3 is 0 Å². The Bertz CT molecular complexity index is 291. The molecule has 0 bridgehead atoms. The Labute approximate surface area is 90.1 Å². The second kappa shape index (κ2) is 3.93. The van der Waals surface area contributed by atoms with E-state index in [1.54, 1.807) is 0 Å². The Hall–Kier alpha value is -0.900. The molecule has 1 aromatic rings. The summed E-state index contributed by atoms with van der Waals surface area (Å²) in [5, 5.41) is 11.9. The highest BCUT2D eigenvalue weighted by Gasteiger charge is 2.26. The second-order valence-electron chi connectivity index (χ2n) is 4.68. The van der Waals surface area contributed by atoms with E-state index in [1.807, 2.05) is 6.33 Å². The van der Waals surface area contributed by atoms with Crippen molar-refractivity contribution < 1.29 is 0 Å². The molecule has 2 fully saturated rings. The molecule has 1 aliphatic carbocycles. The fourth-order valence-corrected chi connectivity index (χ4v) is 2.87. The van der Waals surface area contributed by atoms with Gasteiger partial charge in [-0.1, -0.05) is 12.8 Å².